The molecule has 0 aliphatic carbocycles. The molecule has 22 heavy (non-hydrogen) atoms. The molecule has 7 nitrogen and oxygen atoms in total. The number of aromatic carboxylic acids is 1. The zero-order valence-corrected chi connectivity index (χ0v) is 12.5. The van der Waals surface area contributed by atoms with Crippen molar-refractivity contribution < 1.29 is 19.6 Å². The number of carbonyl (C=O) groups is 2. The summed E-state index contributed by atoms with van der Waals surface area (Å²) in [7, 11) is 0. The van der Waals surface area contributed by atoms with Crippen LogP contribution in [0.5, 0.6) is 0 Å². The van der Waals surface area contributed by atoms with Crippen molar-refractivity contribution in [3.05, 3.63) is 39.4 Å². The Labute approximate surface area is 127 Å². The number of carbonyl (C=O) groups excluding carboxylic acids is 1. The molecule has 1 aliphatic rings. The third kappa shape index (κ3) is 2.93. The van der Waals surface area contributed by atoms with Crippen LogP contribution in [-0.2, 0) is 0 Å². The third-order valence-electron chi connectivity index (χ3n) is 4.11. The lowest BCUT2D eigenvalue weighted by atomic mass is 10.1. The second kappa shape index (κ2) is 6.13. The lowest BCUT2D eigenvalue weighted by Crippen LogP contribution is -2.39. The largest absolute Gasteiger partial charge is 0.478 e. The van der Waals surface area contributed by atoms with Gasteiger partial charge in [-0.2, -0.15) is 0 Å². The molecule has 2 atom stereocenters. The Morgan fingerprint density at radius 3 is 2.50 bits per heavy atom. The van der Waals surface area contributed by atoms with E-state index in [0.29, 0.717) is 0 Å². The van der Waals surface area contributed by atoms with Crippen LogP contribution in [0, 0.1) is 10.1 Å². The van der Waals surface area contributed by atoms with E-state index in [2.05, 4.69) is 0 Å². The zero-order valence-electron chi connectivity index (χ0n) is 12.5. The number of nitro benzene ring substituents is 1. The number of hydrogen-bond donors (Lipinski definition) is 1. The van der Waals surface area contributed by atoms with Crippen LogP contribution in [0.3, 0.4) is 0 Å². The van der Waals surface area contributed by atoms with Gasteiger partial charge in [0.2, 0.25) is 0 Å². The summed E-state index contributed by atoms with van der Waals surface area (Å²) < 4.78 is 0. The number of carboxylic acid groups (broad SMARTS) is 1. The number of carboxylic acids is 1. The van der Waals surface area contributed by atoms with Gasteiger partial charge in [0.15, 0.2) is 0 Å². The van der Waals surface area contributed by atoms with Gasteiger partial charge in [0, 0.05) is 29.8 Å². The van der Waals surface area contributed by atoms with Crippen LogP contribution >= 0.6 is 0 Å². The maximum atomic E-state index is 12.7. The van der Waals surface area contributed by atoms with Crippen LogP contribution in [0.1, 0.15) is 53.8 Å². The summed E-state index contributed by atoms with van der Waals surface area (Å²) in [5.74, 6) is -1.64. The van der Waals surface area contributed by atoms with Crippen molar-refractivity contribution in [1.82, 2.24) is 4.90 Å². The summed E-state index contributed by atoms with van der Waals surface area (Å²) in [4.78, 5) is 35.8. The first-order chi connectivity index (χ1) is 10.3. The highest BCUT2D eigenvalue weighted by molar-refractivity contribution is 5.99. The van der Waals surface area contributed by atoms with E-state index >= 15 is 0 Å². The molecular formula is C15H18N2O5. The molecule has 1 amide bonds. The third-order valence-corrected chi connectivity index (χ3v) is 4.11. The van der Waals surface area contributed by atoms with Crippen LogP contribution in [0.25, 0.3) is 0 Å². The smallest absolute Gasteiger partial charge is 0.335 e. The van der Waals surface area contributed by atoms with Gasteiger partial charge in [0.1, 0.15) is 0 Å². The van der Waals surface area contributed by atoms with E-state index in [4.69, 9.17) is 5.11 Å². The summed E-state index contributed by atoms with van der Waals surface area (Å²) in [6, 6.07) is 3.45. The number of rotatable bonds is 4. The maximum absolute atomic E-state index is 12.7. The van der Waals surface area contributed by atoms with Crippen LogP contribution < -0.4 is 0 Å². The molecule has 0 bridgehead atoms. The molecule has 2 unspecified atom stereocenters. The highest BCUT2D eigenvalue weighted by Gasteiger charge is 2.34. The minimum absolute atomic E-state index is 0.0463. The van der Waals surface area contributed by atoms with Crippen molar-refractivity contribution in [2.24, 2.45) is 0 Å². The summed E-state index contributed by atoms with van der Waals surface area (Å²) >= 11 is 0. The molecule has 1 aromatic rings. The topological polar surface area (TPSA) is 101 Å². The minimum Gasteiger partial charge on any atom is -0.478 e. The second-order valence-electron chi connectivity index (χ2n) is 5.53. The maximum Gasteiger partial charge on any atom is 0.335 e. The van der Waals surface area contributed by atoms with Crippen molar-refractivity contribution in [2.45, 2.75) is 45.2 Å². The van der Waals surface area contributed by atoms with Gasteiger partial charge in [-0.1, -0.05) is 6.92 Å². The lowest BCUT2D eigenvalue weighted by Gasteiger charge is -2.28. The highest BCUT2D eigenvalue weighted by atomic mass is 16.6. The van der Waals surface area contributed by atoms with E-state index in [1.165, 1.54) is 6.07 Å². The zero-order chi connectivity index (χ0) is 16.4. The van der Waals surface area contributed by atoms with Gasteiger partial charge in [-0.3, -0.25) is 14.9 Å². The fourth-order valence-corrected chi connectivity index (χ4v) is 2.95. The van der Waals surface area contributed by atoms with Crippen LogP contribution in [0.4, 0.5) is 5.69 Å². The second-order valence-corrected chi connectivity index (χ2v) is 5.53. The lowest BCUT2D eigenvalue weighted by molar-refractivity contribution is -0.384. The first-order valence-electron chi connectivity index (χ1n) is 7.20. The van der Waals surface area contributed by atoms with E-state index in [0.717, 1.165) is 31.4 Å². The van der Waals surface area contributed by atoms with Gasteiger partial charge in [0.05, 0.1) is 10.5 Å². The van der Waals surface area contributed by atoms with E-state index in [9.17, 15) is 19.7 Å². The number of non-ortho nitro benzene ring substituents is 1. The van der Waals surface area contributed by atoms with Crippen LogP contribution in [-0.4, -0.2) is 38.9 Å². The van der Waals surface area contributed by atoms with Gasteiger partial charge < -0.3 is 10.0 Å². The first kappa shape index (κ1) is 15.9. The fraction of sp³-hybridized carbons (Fsp3) is 0.467. The molecule has 1 N–H and O–H groups in total. The first-order valence-corrected chi connectivity index (χ1v) is 7.20. The molecule has 0 spiro atoms. The molecule has 0 aromatic heterocycles. The minimum atomic E-state index is -1.29. The van der Waals surface area contributed by atoms with Gasteiger partial charge in [-0.15, -0.1) is 0 Å². The summed E-state index contributed by atoms with van der Waals surface area (Å²) in [6.07, 6.45) is 2.58. The van der Waals surface area contributed by atoms with E-state index < -0.39 is 10.9 Å². The van der Waals surface area contributed by atoms with Crippen LogP contribution in [0.15, 0.2) is 18.2 Å². The van der Waals surface area contributed by atoms with E-state index in [-0.39, 0.29) is 34.8 Å². The number of amides is 1. The van der Waals surface area contributed by atoms with Gasteiger partial charge in [-0.05, 0) is 32.3 Å². The van der Waals surface area contributed by atoms with Crippen molar-refractivity contribution in [2.75, 3.05) is 0 Å². The van der Waals surface area contributed by atoms with Gasteiger partial charge >= 0.3 is 5.97 Å². The van der Waals surface area contributed by atoms with Gasteiger partial charge in [0.25, 0.3) is 11.6 Å². The summed E-state index contributed by atoms with van der Waals surface area (Å²) in [5.41, 5.74) is -0.584. The Bertz CT molecular complexity index is 596. The summed E-state index contributed by atoms with van der Waals surface area (Å²) in [6.45, 7) is 3.92. The molecular weight excluding hydrogens is 288 g/mol. The predicted molar refractivity (Wildman–Crippen MR) is 79.0 cm³/mol. The van der Waals surface area contributed by atoms with E-state index in [1.807, 2.05) is 13.8 Å². The van der Waals surface area contributed by atoms with Crippen molar-refractivity contribution in [1.29, 1.82) is 0 Å². The number of nitro groups is 1. The van der Waals surface area contributed by atoms with Crippen molar-refractivity contribution in [3.8, 4) is 0 Å². The molecule has 1 fully saturated rings. The Hall–Kier alpha value is -2.44. The normalized spacial score (nSPS) is 20.9. The molecule has 1 aliphatic heterocycles. The van der Waals surface area contributed by atoms with Crippen molar-refractivity contribution in [3.63, 3.8) is 0 Å². The monoisotopic (exact) mass is 306 g/mol. The Kier molecular flexibility index (Phi) is 4.44. The Morgan fingerprint density at radius 1 is 1.32 bits per heavy atom. The average Bonchev–Trinajstić information content (AvgIpc) is 2.86. The SMILES string of the molecule is CCC1CCC(C)N1C(=O)c1cc(C(=O)O)cc([N+](=O)[O-])c1. The number of hydrogen-bond acceptors (Lipinski definition) is 4. The Morgan fingerprint density at radius 2 is 1.95 bits per heavy atom. The van der Waals surface area contributed by atoms with Crippen molar-refractivity contribution >= 4 is 17.6 Å². The fourth-order valence-electron chi connectivity index (χ4n) is 2.95. The predicted octanol–water partition coefficient (Wildman–Crippen LogP) is 2.70. The molecule has 1 heterocycles. The quantitative estimate of drug-likeness (QED) is 0.680. The molecule has 2 rings (SSSR count). The highest BCUT2D eigenvalue weighted by Crippen LogP contribution is 2.29. The molecule has 7 heteroatoms. The number of likely N-dealkylation sites (tertiary alicyclic amines) is 1. The standard InChI is InChI=1S/C15H18N2O5/c1-3-12-5-4-9(2)16(12)14(18)10-6-11(15(19)20)8-13(7-10)17(21)22/h6-9,12H,3-5H2,1-2H3,(H,19,20). The molecule has 1 saturated heterocycles. The number of nitrogens with zero attached hydrogens (tertiary/aromatic N) is 2. The van der Waals surface area contributed by atoms with Crippen LogP contribution in [0.2, 0.25) is 0 Å². The number of benzene rings is 1. The average molecular weight is 306 g/mol. The van der Waals surface area contributed by atoms with E-state index in [1.54, 1.807) is 4.90 Å². The Balaban J connectivity index is 2.44. The molecule has 0 saturated carbocycles. The molecule has 0 radical (unpaired) electrons. The molecule has 118 valence electrons. The summed E-state index contributed by atoms with van der Waals surface area (Å²) in [5, 5.41) is 20.0. The molecule has 1 aromatic carbocycles. The van der Waals surface area contributed by atoms with Gasteiger partial charge in [-0.25, -0.2) is 4.79 Å².